The van der Waals surface area contributed by atoms with E-state index in [0.29, 0.717) is 62.2 Å². The number of ether oxygens (including phenoxy) is 2. The highest BCUT2D eigenvalue weighted by Gasteiger charge is 2.27. The molecule has 8 heteroatoms. The number of piperidine rings is 1. The van der Waals surface area contributed by atoms with Crippen molar-refractivity contribution in [3.63, 3.8) is 0 Å². The van der Waals surface area contributed by atoms with Crippen LogP contribution in [-0.4, -0.2) is 43.1 Å². The molecule has 31 heavy (non-hydrogen) atoms. The molecule has 0 atom stereocenters. The summed E-state index contributed by atoms with van der Waals surface area (Å²) in [6.45, 7) is 2.61. The molecule has 1 saturated heterocycles. The number of anilines is 1. The number of carbonyl (C=O) groups excluding carboxylic acids is 2. The Morgan fingerprint density at radius 3 is 2.58 bits per heavy atom. The first-order chi connectivity index (χ1) is 15.1. The molecule has 3 amide bonds. The molecule has 0 spiro atoms. The number of halogens is 1. The summed E-state index contributed by atoms with van der Waals surface area (Å²) >= 11 is 6.33. The first-order valence-electron chi connectivity index (χ1n) is 10.6. The Morgan fingerprint density at radius 1 is 1.06 bits per heavy atom. The van der Waals surface area contributed by atoms with Crippen LogP contribution in [0, 0.1) is 5.92 Å². The van der Waals surface area contributed by atoms with Crippen LogP contribution in [0.25, 0.3) is 0 Å². The summed E-state index contributed by atoms with van der Waals surface area (Å²) in [5.41, 5.74) is 1.63. The minimum Gasteiger partial charge on any atom is -0.489 e. The summed E-state index contributed by atoms with van der Waals surface area (Å²) in [6, 6.07) is 12.9. The van der Waals surface area contributed by atoms with E-state index in [2.05, 4.69) is 10.6 Å². The van der Waals surface area contributed by atoms with E-state index in [1.165, 1.54) is 0 Å². The predicted octanol–water partition coefficient (Wildman–Crippen LogP) is 4.06. The molecule has 0 unspecified atom stereocenters. The van der Waals surface area contributed by atoms with E-state index >= 15 is 0 Å². The van der Waals surface area contributed by atoms with Crippen LogP contribution >= 0.6 is 11.6 Å². The number of hydrogen-bond acceptors (Lipinski definition) is 4. The monoisotopic (exact) mass is 443 g/mol. The molecule has 0 bridgehead atoms. The third-order valence-corrected chi connectivity index (χ3v) is 5.79. The molecule has 2 aromatic carbocycles. The Labute approximate surface area is 186 Å². The van der Waals surface area contributed by atoms with Crippen LogP contribution < -0.4 is 20.1 Å². The first kappa shape index (κ1) is 21.3. The highest BCUT2D eigenvalue weighted by atomic mass is 35.5. The number of likely N-dealkylation sites (tertiary alicyclic amines) is 1. The number of rotatable bonds is 4. The van der Waals surface area contributed by atoms with Gasteiger partial charge in [-0.1, -0.05) is 29.8 Å². The van der Waals surface area contributed by atoms with Crippen LogP contribution in [0.1, 0.15) is 24.8 Å². The van der Waals surface area contributed by atoms with Gasteiger partial charge in [0, 0.05) is 37.7 Å². The largest absolute Gasteiger partial charge is 0.489 e. The van der Waals surface area contributed by atoms with Crippen LogP contribution in [0.5, 0.6) is 11.5 Å². The van der Waals surface area contributed by atoms with Gasteiger partial charge in [0.1, 0.15) is 0 Å². The Balaban J connectivity index is 1.26. The Morgan fingerprint density at radius 2 is 1.81 bits per heavy atom. The van der Waals surface area contributed by atoms with Gasteiger partial charge in [-0.05, 0) is 42.7 Å². The third kappa shape index (κ3) is 5.41. The van der Waals surface area contributed by atoms with Gasteiger partial charge >= 0.3 is 6.03 Å². The fourth-order valence-electron chi connectivity index (χ4n) is 3.79. The number of hydrogen-bond donors (Lipinski definition) is 2. The number of urea groups is 1. The number of nitrogens with zero attached hydrogens (tertiary/aromatic N) is 1. The normalized spacial score (nSPS) is 16.4. The maximum atomic E-state index is 12.6. The molecule has 2 aliphatic heterocycles. The summed E-state index contributed by atoms with van der Waals surface area (Å²) in [7, 11) is 0. The zero-order chi connectivity index (χ0) is 21.6. The SMILES string of the molecule is O=C(NCc1cc(Cl)c2c(c1)OCCCO2)C1CCN(C(=O)Nc2ccccc2)CC1. The van der Waals surface area contributed by atoms with Gasteiger partial charge < -0.3 is 25.0 Å². The molecule has 0 aromatic heterocycles. The van der Waals surface area contributed by atoms with E-state index in [0.717, 1.165) is 17.7 Å². The molecular formula is C23H26ClN3O4. The minimum absolute atomic E-state index is 0.00801. The van der Waals surface area contributed by atoms with Gasteiger partial charge in [-0.15, -0.1) is 0 Å². The van der Waals surface area contributed by atoms with Crippen LogP contribution in [0.15, 0.2) is 42.5 Å². The number of fused-ring (bicyclic) bond motifs is 1. The maximum absolute atomic E-state index is 12.6. The second-order valence-electron chi connectivity index (χ2n) is 7.73. The lowest BCUT2D eigenvalue weighted by Gasteiger charge is -2.31. The second kappa shape index (κ2) is 9.92. The van der Waals surface area contributed by atoms with Gasteiger partial charge in [0.25, 0.3) is 0 Å². The van der Waals surface area contributed by atoms with E-state index < -0.39 is 0 Å². The van der Waals surface area contributed by atoms with Crippen LogP contribution in [0.4, 0.5) is 10.5 Å². The average molecular weight is 444 g/mol. The van der Waals surface area contributed by atoms with Crippen molar-refractivity contribution in [2.24, 2.45) is 5.92 Å². The Hall–Kier alpha value is -2.93. The molecule has 0 radical (unpaired) electrons. The fourth-order valence-corrected chi connectivity index (χ4v) is 4.08. The number of para-hydroxylation sites is 1. The van der Waals surface area contributed by atoms with Crippen molar-refractivity contribution in [3.05, 3.63) is 53.1 Å². The van der Waals surface area contributed by atoms with Crippen molar-refractivity contribution in [3.8, 4) is 11.5 Å². The summed E-state index contributed by atoms with van der Waals surface area (Å²) in [6.07, 6.45) is 2.07. The lowest BCUT2D eigenvalue weighted by atomic mass is 9.96. The summed E-state index contributed by atoms with van der Waals surface area (Å²) in [4.78, 5) is 26.8. The molecular weight excluding hydrogens is 418 g/mol. The summed E-state index contributed by atoms with van der Waals surface area (Å²) < 4.78 is 11.3. The van der Waals surface area contributed by atoms with E-state index in [4.69, 9.17) is 21.1 Å². The van der Waals surface area contributed by atoms with Gasteiger partial charge in [-0.25, -0.2) is 4.79 Å². The van der Waals surface area contributed by atoms with Crippen molar-refractivity contribution in [1.82, 2.24) is 10.2 Å². The zero-order valence-electron chi connectivity index (χ0n) is 17.2. The van der Waals surface area contributed by atoms with E-state index in [1.54, 1.807) is 11.0 Å². The summed E-state index contributed by atoms with van der Waals surface area (Å²) in [5, 5.41) is 6.37. The molecule has 1 fully saturated rings. The quantitative estimate of drug-likeness (QED) is 0.746. The van der Waals surface area contributed by atoms with Gasteiger partial charge in [0.15, 0.2) is 11.5 Å². The predicted molar refractivity (Wildman–Crippen MR) is 119 cm³/mol. The Kier molecular flexibility index (Phi) is 6.82. The molecule has 164 valence electrons. The highest BCUT2D eigenvalue weighted by Crippen LogP contribution is 2.38. The number of benzene rings is 2. The summed E-state index contributed by atoms with van der Waals surface area (Å²) in [5.74, 6) is 1.06. The zero-order valence-corrected chi connectivity index (χ0v) is 18.0. The van der Waals surface area contributed by atoms with Gasteiger partial charge in [0.2, 0.25) is 5.91 Å². The third-order valence-electron chi connectivity index (χ3n) is 5.51. The van der Waals surface area contributed by atoms with Gasteiger partial charge in [0.05, 0.1) is 18.2 Å². The van der Waals surface area contributed by atoms with E-state index in [-0.39, 0.29) is 17.9 Å². The van der Waals surface area contributed by atoms with Crippen LogP contribution in [0.2, 0.25) is 5.02 Å². The second-order valence-corrected chi connectivity index (χ2v) is 8.14. The molecule has 0 aliphatic carbocycles. The molecule has 2 aromatic rings. The van der Waals surface area contributed by atoms with E-state index in [9.17, 15) is 9.59 Å². The fraction of sp³-hybridized carbons (Fsp3) is 0.391. The van der Waals surface area contributed by atoms with Crippen molar-refractivity contribution >= 4 is 29.2 Å². The van der Waals surface area contributed by atoms with Crippen molar-refractivity contribution in [2.75, 3.05) is 31.6 Å². The standard InChI is InChI=1S/C23H26ClN3O4/c24-19-13-16(14-20-21(19)31-12-4-11-30-20)15-25-22(28)17-7-9-27(10-8-17)23(29)26-18-5-2-1-3-6-18/h1-3,5-6,13-14,17H,4,7-12,15H2,(H,25,28)(H,26,29). The highest BCUT2D eigenvalue weighted by molar-refractivity contribution is 6.32. The van der Waals surface area contributed by atoms with Gasteiger partial charge in [-0.3, -0.25) is 4.79 Å². The van der Waals surface area contributed by atoms with E-state index in [1.807, 2.05) is 36.4 Å². The molecule has 2 N–H and O–H groups in total. The molecule has 2 aliphatic rings. The molecule has 7 nitrogen and oxygen atoms in total. The molecule has 2 heterocycles. The van der Waals surface area contributed by atoms with Crippen molar-refractivity contribution in [2.45, 2.75) is 25.8 Å². The number of amides is 3. The van der Waals surface area contributed by atoms with Crippen molar-refractivity contribution in [1.29, 1.82) is 0 Å². The van der Waals surface area contributed by atoms with Crippen molar-refractivity contribution < 1.29 is 19.1 Å². The Bertz CT molecular complexity index is 930. The number of nitrogens with one attached hydrogen (secondary N) is 2. The lowest BCUT2D eigenvalue weighted by Crippen LogP contribution is -2.44. The average Bonchev–Trinajstić information content (AvgIpc) is 3.04. The number of carbonyl (C=O) groups is 2. The van der Waals surface area contributed by atoms with Gasteiger partial charge in [-0.2, -0.15) is 0 Å². The van der Waals surface area contributed by atoms with Crippen LogP contribution in [0.3, 0.4) is 0 Å². The molecule has 4 rings (SSSR count). The first-order valence-corrected chi connectivity index (χ1v) is 10.9. The van der Waals surface area contributed by atoms with Crippen LogP contribution in [-0.2, 0) is 11.3 Å². The maximum Gasteiger partial charge on any atom is 0.321 e. The molecule has 0 saturated carbocycles. The topological polar surface area (TPSA) is 79.9 Å². The minimum atomic E-state index is -0.133. The smallest absolute Gasteiger partial charge is 0.321 e. The lowest BCUT2D eigenvalue weighted by molar-refractivity contribution is -0.126.